The average molecular weight is 467 g/mol. The number of para-hydroxylation sites is 1. The molecule has 0 saturated heterocycles. The summed E-state index contributed by atoms with van der Waals surface area (Å²) in [6.07, 6.45) is 0.895. The summed E-state index contributed by atoms with van der Waals surface area (Å²) in [6.45, 7) is 3.84. The van der Waals surface area contributed by atoms with E-state index in [4.69, 9.17) is 11.6 Å². The third-order valence-electron chi connectivity index (χ3n) is 5.20. The lowest BCUT2D eigenvalue weighted by Gasteiger charge is -2.16. The molecule has 0 spiro atoms. The fourth-order valence-corrected chi connectivity index (χ4v) is 4.57. The molecule has 0 fully saturated rings. The van der Waals surface area contributed by atoms with Crippen molar-refractivity contribution in [2.75, 3.05) is 0 Å². The summed E-state index contributed by atoms with van der Waals surface area (Å²) in [5.74, 6) is -0.644. The van der Waals surface area contributed by atoms with E-state index in [9.17, 15) is 14.0 Å². The Kier molecular flexibility index (Phi) is 6.44. The normalized spacial score (nSPS) is 12.1. The van der Waals surface area contributed by atoms with Gasteiger partial charge in [-0.2, -0.15) is 0 Å². The Bertz CT molecular complexity index is 1370. The molecule has 1 aromatic heterocycles. The fraction of sp³-hybridized carbons (Fsp3) is 0.160. The van der Waals surface area contributed by atoms with Crippen LogP contribution >= 0.6 is 23.4 Å². The number of halogens is 2. The van der Waals surface area contributed by atoms with E-state index in [2.05, 4.69) is 11.9 Å². The molecule has 32 heavy (non-hydrogen) atoms. The van der Waals surface area contributed by atoms with Crippen LogP contribution in [0, 0.1) is 5.82 Å². The Hall–Kier alpha value is -2.96. The third-order valence-corrected chi connectivity index (χ3v) is 6.55. The molecule has 3 aromatic carbocycles. The highest BCUT2D eigenvalue weighted by Crippen LogP contribution is 2.28. The number of aromatic nitrogens is 2. The van der Waals surface area contributed by atoms with Crippen molar-refractivity contribution in [1.82, 2.24) is 9.55 Å². The first-order valence-corrected chi connectivity index (χ1v) is 11.4. The molecular formula is C25H20ClFN2O2S. The number of ketones is 1. The lowest BCUT2D eigenvalue weighted by molar-refractivity contribution is 0.0994. The van der Waals surface area contributed by atoms with Gasteiger partial charge in [0.25, 0.3) is 5.56 Å². The zero-order valence-corrected chi connectivity index (χ0v) is 19.1. The first-order chi connectivity index (χ1) is 15.4. The number of carbonyl (C=O) groups excluding carboxylic acids is 1. The maximum absolute atomic E-state index is 13.7. The number of benzene rings is 3. The maximum atomic E-state index is 13.7. The lowest BCUT2D eigenvalue weighted by atomic mass is 10.1. The highest BCUT2D eigenvalue weighted by Gasteiger charge is 2.21. The molecule has 0 bridgehead atoms. The van der Waals surface area contributed by atoms with Crippen molar-refractivity contribution in [3.05, 3.63) is 99.1 Å². The largest absolute Gasteiger partial charge is 0.293 e. The number of hydrogen-bond donors (Lipinski definition) is 0. The van der Waals surface area contributed by atoms with Crippen LogP contribution in [-0.2, 0) is 6.42 Å². The summed E-state index contributed by atoms with van der Waals surface area (Å²) in [4.78, 5) is 31.0. The van der Waals surface area contributed by atoms with Crippen molar-refractivity contribution < 1.29 is 9.18 Å². The van der Waals surface area contributed by atoms with Crippen LogP contribution < -0.4 is 5.56 Å². The first-order valence-electron chi connectivity index (χ1n) is 10.2. The summed E-state index contributed by atoms with van der Waals surface area (Å²) in [7, 11) is 0. The molecule has 7 heteroatoms. The van der Waals surface area contributed by atoms with Gasteiger partial charge in [-0.3, -0.25) is 14.2 Å². The van der Waals surface area contributed by atoms with E-state index in [0.29, 0.717) is 27.3 Å². The number of carbonyl (C=O) groups is 1. The molecule has 0 radical (unpaired) electrons. The van der Waals surface area contributed by atoms with Crippen LogP contribution in [0.1, 0.15) is 29.8 Å². The summed E-state index contributed by atoms with van der Waals surface area (Å²) in [6, 6.07) is 18.6. The molecule has 0 aliphatic carbocycles. The highest BCUT2D eigenvalue weighted by atomic mass is 35.5. The van der Waals surface area contributed by atoms with Gasteiger partial charge in [0, 0.05) is 5.56 Å². The average Bonchev–Trinajstić information content (AvgIpc) is 2.81. The van der Waals surface area contributed by atoms with Gasteiger partial charge in [-0.05, 0) is 49.2 Å². The van der Waals surface area contributed by atoms with Crippen LogP contribution in [0.2, 0.25) is 5.02 Å². The van der Waals surface area contributed by atoms with Gasteiger partial charge in [0.2, 0.25) is 0 Å². The molecule has 1 atom stereocenters. The van der Waals surface area contributed by atoms with Crippen LogP contribution in [0.3, 0.4) is 0 Å². The second-order valence-electron chi connectivity index (χ2n) is 7.33. The van der Waals surface area contributed by atoms with Crippen molar-refractivity contribution in [2.24, 2.45) is 0 Å². The van der Waals surface area contributed by atoms with Gasteiger partial charge in [-0.15, -0.1) is 0 Å². The number of thioether (sulfide) groups is 1. The molecule has 162 valence electrons. The van der Waals surface area contributed by atoms with Gasteiger partial charge < -0.3 is 0 Å². The zero-order valence-electron chi connectivity index (χ0n) is 17.5. The van der Waals surface area contributed by atoms with E-state index in [0.717, 1.165) is 12.0 Å². The molecule has 4 aromatic rings. The minimum Gasteiger partial charge on any atom is -0.293 e. The number of aryl methyl sites for hydroxylation is 1. The van der Waals surface area contributed by atoms with Gasteiger partial charge in [0.05, 0.1) is 26.9 Å². The standard InChI is InChI=1S/C25H20ClFN2O2S/c1-3-16-8-10-17(11-9-16)23(30)15(2)32-25-28-22-7-5-4-6-19(22)24(31)29(25)18-12-13-21(27)20(26)14-18/h4-15H,3H2,1-2H3. The number of hydrogen-bond acceptors (Lipinski definition) is 4. The quantitative estimate of drug-likeness (QED) is 0.195. The predicted octanol–water partition coefficient (Wildman–Crippen LogP) is 6.10. The van der Waals surface area contributed by atoms with Gasteiger partial charge >= 0.3 is 0 Å². The van der Waals surface area contributed by atoms with Gasteiger partial charge in [0.15, 0.2) is 10.9 Å². The second kappa shape index (κ2) is 9.27. The van der Waals surface area contributed by atoms with Crippen LogP contribution in [0.25, 0.3) is 16.6 Å². The Balaban J connectivity index is 1.79. The Morgan fingerprint density at radius 1 is 1.12 bits per heavy atom. The lowest BCUT2D eigenvalue weighted by Crippen LogP contribution is -2.24. The Morgan fingerprint density at radius 2 is 1.84 bits per heavy atom. The number of rotatable bonds is 6. The van der Waals surface area contributed by atoms with Crippen LogP contribution in [0.15, 0.2) is 76.7 Å². The van der Waals surface area contributed by atoms with Crippen molar-refractivity contribution in [1.29, 1.82) is 0 Å². The maximum Gasteiger partial charge on any atom is 0.266 e. The Labute approximate surface area is 194 Å². The molecule has 0 amide bonds. The molecule has 0 aliphatic rings. The van der Waals surface area contributed by atoms with Gasteiger partial charge in [0.1, 0.15) is 5.82 Å². The molecule has 1 heterocycles. The smallest absolute Gasteiger partial charge is 0.266 e. The molecular weight excluding hydrogens is 447 g/mol. The molecule has 4 rings (SSSR count). The minimum atomic E-state index is -0.578. The predicted molar refractivity (Wildman–Crippen MR) is 128 cm³/mol. The molecule has 0 saturated carbocycles. The molecule has 4 nitrogen and oxygen atoms in total. The fourth-order valence-electron chi connectivity index (χ4n) is 3.39. The van der Waals surface area contributed by atoms with Crippen molar-refractivity contribution in [3.8, 4) is 5.69 Å². The minimum absolute atomic E-state index is 0.0660. The van der Waals surface area contributed by atoms with Crippen LogP contribution in [-0.4, -0.2) is 20.6 Å². The molecule has 1 unspecified atom stereocenters. The van der Waals surface area contributed by atoms with Crippen LogP contribution in [0.4, 0.5) is 4.39 Å². The van der Waals surface area contributed by atoms with Crippen LogP contribution in [0.5, 0.6) is 0 Å². The second-order valence-corrected chi connectivity index (χ2v) is 9.04. The van der Waals surface area contributed by atoms with Crippen molar-refractivity contribution in [2.45, 2.75) is 30.7 Å². The first kappa shape index (κ1) is 22.2. The van der Waals surface area contributed by atoms with Gasteiger partial charge in [-0.25, -0.2) is 9.37 Å². The number of Topliss-reactive ketones (excluding diaryl/α,β-unsaturated/α-hetero) is 1. The number of nitrogens with zero attached hydrogens (tertiary/aromatic N) is 2. The topological polar surface area (TPSA) is 52.0 Å². The van der Waals surface area contributed by atoms with E-state index in [-0.39, 0.29) is 16.4 Å². The van der Waals surface area contributed by atoms with E-state index in [1.165, 1.54) is 34.5 Å². The number of fused-ring (bicyclic) bond motifs is 1. The van der Waals surface area contributed by atoms with E-state index in [1.807, 2.05) is 24.3 Å². The van der Waals surface area contributed by atoms with Gasteiger partial charge in [-0.1, -0.05) is 66.7 Å². The summed E-state index contributed by atoms with van der Waals surface area (Å²) in [5.41, 5.74) is 2.35. The zero-order chi connectivity index (χ0) is 22.8. The third kappa shape index (κ3) is 4.33. The highest BCUT2D eigenvalue weighted by molar-refractivity contribution is 8.00. The summed E-state index contributed by atoms with van der Waals surface area (Å²) in [5, 5.41) is 0.158. The summed E-state index contributed by atoms with van der Waals surface area (Å²) < 4.78 is 15.1. The Morgan fingerprint density at radius 3 is 2.53 bits per heavy atom. The van der Waals surface area contributed by atoms with Crippen molar-refractivity contribution in [3.63, 3.8) is 0 Å². The molecule has 0 N–H and O–H groups in total. The van der Waals surface area contributed by atoms with E-state index >= 15 is 0 Å². The van der Waals surface area contributed by atoms with E-state index in [1.54, 1.807) is 31.2 Å². The molecule has 0 aliphatic heterocycles. The monoisotopic (exact) mass is 466 g/mol. The SMILES string of the molecule is CCc1ccc(C(=O)C(C)Sc2nc3ccccc3c(=O)n2-c2ccc(F)c(Cl)c2)cc1. The van der Waals surface area contributed by atoms with E-state index < -0.39 is 11.1 Å². The van der Waals surface area contributed by atoms with Crippen molar-refractivity contribution >= 4 is 40.0 Å². The summed E-state index contributed by atoms with van der Waals surface area (Å²) >= 11 is 7.16.